The molecule has 134 valence electrons. The van der Waals surface area contributed by atoms with Crippen molar-refractivity contribution in [2.45, 2.75) is 20.3 Å². The maximum Gasteiger partial charge on any atom is 0.336 e. The second-order valence-electron chi connectivity index (χ2n) is 6.56. The molecule has 0 radical (unpaired) electrons. The lowest BCUT2D eigenvalue weighted by Gasteiger charge is -2.22. The standard InChI is InChI=1S/C24H20O3/c1-3-15-9-11-19-21(13-15)27-22-14-16(4-2)10-12-20(22)23(19)17-7-5-6-8-18(17)24(25)26/h3,5-14H,4H2,1-2H3,(H,25,26)/b15-3+. The molecular weight excluding hydrogens is 336 g/mol. The number of aromatic carboxylic acids is 1. The van der Waals surface area contributed by atoms with Crippen LogP contribution < -0.4 is 15.2 Å². The van der Waals surface area contributed by atoms with Crippen LogP contribution in [0.25, 0.3) is 11.6 Å². The van der Waals surface area contributed by atoms with Gasteiger partial charge in [0.1, 0.15) is 11.5 Å². The van der Waals surface area contributed by atoms with E-state index >= 15 is 0 Å². The summed E-state index contributed by atoms with van der Waals surface area (Å²) < 4.78 is 6.23. The van der Waals surface area contributed by atoms with Crippen LogP contribution in [0, 0.1) is 0 Å². The highest BCUT2D eigenvalue weighted by Crippen LogP contribution is 2.37. The van der Waals surface area contributed by atoms with Crippen LogP contribution in [0.3, 0.4) is 0 Å². The maximum atomic E-state index is 11.8. The lowest BCUT2D eigenvalue weighted by molar-refractivity contribution is 0.0696. The predicted molar refractivity (Wildman–Crippen MR) is 107 cm³/mol. The van der Waals surface area contributed by atoms with Crippen LogP contribution in [0.4, 0.5) is 0 Å². The van der Waals surface area contributed by atoms with Gasteiger partial charge in [0.15, 0.2) is 0 Å². The van der Waals surface area contributed by atoms with Gasteiger partial charge in [-0.05, 0) is 54.0 Å². The minimum absolute atomic E-state index is 0.289. The summed E-state index contributed by atoms with van der Waals surface area (Å²) in [5, 5.41) is 11.7. The van der Waals surface area contributed by atoms with Crippen molar-refractivity contribution in [3.63, 3.8) is 0 Å². The molecular formula is C24H20O3. The van der Waals surface area contributed by atoms with Crippen molar-refractivity contribution >= 4 is 17.6 Å². The Morgan fingerprint density at radius 2 is 1.81 bits per heavy atom. The van der Waals surface area contributed by atoms with Crippen molar-refractivity contribution in [2.24, 2.45) is 0 Å². The van der Waals surface area contributed by atoms with Crippen LogP contribution in [-0.4, -0.2) is 11.1 Å². The molecule has 3 heteroatoms. The van der Waals surface area contributed by atoms with Crippen molar-refractivity contribution in [1.82, 2.24) is 0 Å². The minimum Gasteiger partial charge on any atom is -0.478 e. The Bertz CT molecular complexity index is 1170. The lowest BCUT2D eigenvalue weighted by atomic mass is 9.89. The van der Waals surface area contributed by atoms with E-state index in [0.29, 0.717) is 5.56 Å². The molecule has 1 aliphatic heterocycles. The van der Waals surface area contributed by atoms with Crippen LogP contribution in [0.1, 0.15) is 40.9 Å². The smallest absolute Gasteiger partial charge is 0.336 e. The SMILES string of the molecule is C/C=c1\ccc2c(c1)Oc1cc(CC)ccc1C=2c1ccccc1C(=O)O. The van der Waals surface area contributed by atoms with Gasteiger partial charge in [-0.15, -0.1) is 0 Å². The Morgan fingerprint density at radius 3 is 2.56 bits per heavy atom. The molecule has 0 amide bonds. The van der Waals surface area contributed by atoms with E-state index in [1.54, 1.807) is 12.1 Å². The quantitative estimate of drug-likeness (QED) is 0.601. The van der Waals surface area contributed by atoms with Crippen LogP contribution in [0.2, 0.25) is 0 Å². The molecule has 0 atom stereocenters. The largest absolute Gasteiger partial charge is 0.478 e. The highest BCUT2D eigenvalue weighted by Gasteiger charge is 2.23. The molecule has 0 aromatic heterocycles. The van der Waals surface area contributed by atoms with Crippen molar-refractivity contribution < 1.29 is 14.6 Å². The molecule has 3 aromatic carbocycles. The summed E-state index contributed by atoms with van der Waals surface area (Å²) in [5.74, 6) is 0.586. The molecule has 0 saturated carbocycles. The third kappa shape index (κ3) is 2.91. The fourth-order valence-corrected chi connectivity index (χ4v) is 3.53. The molecule has 0 fully saturated rings. The Kier molecular flexibility index (Phi) is 4.28. The second-order valence-corrected chi connectivity index (χ2v) is 6.56. The Hall–Kier alpha value is -3.33. The summed E-state index contributed by atoms with van der Waals surface area (Å²) in [4.78, 5) is 11.8. The first-order valence-corrected chi connectivity index (χ1v) is 9.07. The number of hydrogen-bond acceptors (Lipinski definition) is 2. The van der Waals surface area contributed by atoms with Gasteiger partial charge in [0.05, 0.1) is 5.56 Å². The number of benzene rings is 3. The minimum atomic E-state index is -0.934. The Labute approximate surface area is 157 Å². The summed E-state index contributed by atoms with van der Waals surface area (Å²) in [6, 6.07) is 19.3. The zero-order valence-electron chi connectivity index (χ0n) is 15.3. The van der Waals surface area contributed by atoms with Gasteiger partial charge in [-0.2, -0.15) is 0 Å². The number of aryl methyl sites for hydroxylation is 1. The number of hydrogen-bond donors (Lipinski definition) is 1. The van der Waals surface area contributed by atoms with Gasteiger partial charge in [0.25, 0.3) is 0 Å². The van der Waals surface area contributed by atoms with Gasteiger partial charge in [0, 0.05) is 16.4 Å². The highest BCUT2D eigenvalue weighted by molar-refractivity contribution is 5.98. The molecule has 27 heavy (non-hydrogen) atoms. The normalized spacial score (nSPS) is 13.0. The summed E-state index contributed by atoms with van der Waals surface area (Å²) in [6.07, 6.45) is 2.93. The van der Waals surface area contributed by atoms with Crippen LogP contribution in [-0.2, 0) is 6.42 Å². The zero-order valence-corrected chi connectivity index (χ0v) is 15.3. The number of carboxylic acids is 1. The van der Waals surface area contributed by atoms with Gasteiger partial charge >= 0.3 is 5.97 Å². The molecule has 0 aliphatic carbocycles. The number of carboxylic acid groups (broad SMARTS) is 1. The van der Waals surface area contributed by atoms with Gasteiger partial charge < -0.3 is 9.84 Å². The van der Waals surface area contributed by atoms with Gasteiger partial charge in [-0.25, -0.2) is 4.79 Å². The average Bonchev–Trinajstić information content (AvgIpc) is 2.71. The van der Waals surface area contributed by atoms with E-state index in [1.807, 2.05) is 55.5 Å². The Balaban J connectivity index is 2.13. The second kappa shape index (κ2) is 6.76. The molecule has 1 N–H and O–H groups in total. The first-order valence-electron chi connectivity index (χ1n) is 9.07. The van der Waals surface area contributed by atoms with E-state index in [2.05, 4.69) is 13.0 Å². The Morgan fingerprint density at radius 1 is 1.00 bits per heavy atom. The van der Waals surface area contributed by atoms with Crippen LogP contribution in [0.15, 0.2) is 60.7 Å². The first-order chi connectivity index (χ1) is 13.1. The summed E-state index contributed by atoms with van der Waals surface area (Å²) in [5.41, 5.74) is 3.99. The molecule has 0 spiro atoms. The number of fused-ring (bicyclic) bond motifs is 2. The predicted octanol–water partition coefficient (Wildman–Crippen LogP) is 4.10. The van der Waals surface area contributed by atoms with Gasteiger partial charge in [-0.1, -0.05) is 49.4 Å². The summed E-state index contributed by atoms with van der Waals surface area (Å²) in [6.45, 7) is 4.09. The van der Waals surface area contributed by atoms with Gasteiger partial charge in [-0.3, -0.25) is 0 Å². The fraction of sp³-hybridized carbons (Fsp3) is 0.125. The maximum absolute atomic E-state index is 11.8. The van der Waals surface area contributed by atoms with Crippen LogP contribution in [0.5, 0.6) is 11.5 Å². The summed E-state index contributed by atoms with van der Waals surface area (Å²) in [7, 11) is 0. The molecule has 3 nitrogen and oxygen atoms in total. The number of rotatable bonds is 3. The van der Waals surface area contributed by atoms with Crippen LogP contribution >= 0.6 is 0 Å². The third-order valence-electron chi connectivity index (χ3n) is 4.98. The van der Waals surface area contributed by atoms with Gasteiger partial charge in [0.2, 0.25) is 0 Å². The van der Waals surface area contributed by atoms with E-state index in [9.17, 15) is 9.90 Å². The zero-order chi connectivity index (χ0) is 19.0. The number of ether oxygens (including phenoxy) is 1. The molecule has 1 aliphatic rings. The molecule has 4 rings (SSSR count). The summed E-state index contributed by atoms with van der Waals surface area (Å²) >= 11 is 0. The fourth-order valence-electron chi connectivity index (χ4n) is 3.53. The average molecular weight is 356 g/mol. The molecule has 0 saturated heterocycles. The van der Waals surface area contributed by atoms with Crippen molar-refractivity contribution in [3.8, 4) is 11.5 Å². The van der Waals surface area contributed by atoms with Crippen molar-refractivity contribution in [2.75, 3.05) is 0 Å². The number of carbonyl (C=O) groups is 1. The van der Waals surface area contributed by atoms with E-state index in [-0.39, 0.29) is 5.56 Å². The van der Waals surface area contributed by atoms with Crippen molar-refractivity contribution in [3.05, 3.63) is 93.4 Å². The topological polar surface area (TPSA) is 46.5 Å². The van der Waals surface area contributed by atoms with E-state index in [1.165, 1.54) is 5.56 Å². The highest BCUT2D eigenvalue weighted by atomic mass is 16.5. The van der Waals surface area contributed by atoms with E-state index in [4.69, 9.17) is 4.74 Å². The lowest BCUT2D eigenvalue weighted by Crippen LogP contribution is -2.21. The van der Waals surface area contributed by atoms with Crippen molar-refractivity contribution in [1.29, 1.82) is 0 Å². The molecule has 0 unspecified atom stereocenters. The third-order valence-corrected chi connectivity index (χ3v) is 4.98. The monoisotopic (exact) mass is 356 g/mol. The molecule has 3 aromatic rings. The molecule has 0 bridgehead atoms. The first kappa shape index (κ1) is 17.1. The van der Waals surface area contributed by atoms with E-state index in [0.717, 1.165) is 39.5 Å². The molecule has 1 heterocycles. The van der Waals surface area contributed by atoms with E-state index < -0.39 is 5.97 Å².